The molecule has 0 aliphatic carbocycles. The fourth-order valence-electron chi connectivity index (χ4n) is 1.09. The Kier molecular flexibility index (Phi) is 7.26. The summed E-state index contributed by atoms with van der Waals surface area (Å²) < 4.78 is 0. The zero-order valence-corrected chi connectivity index (χ0v) is 8.66. The minimum atomic E-state index is -0.0688. The van der Waals surface area contributed by atoms with Gasteiger partial charge in [0.2, 0.25) is 5.91 Å². The quantitative estimate of drug-likeness (QED) is 0.507. The lowest BCUT2D eigenvalue weighted by molar-refractivity contribution is -0.119. The summed E-state index contributed by atoms with van der Waals surface area (Å²) in [6.45, 7) is 4.18. The number of alkyl halides is 1. The number of carbonyl (C=O) groups excluding carboxylic acids is 1. The van der Waals surface area contributed by atoms with Gasteiger partial charge in [0.1, 0.15) is 5.88 Å². The van der Waals surface area contributed by atoms with E-state index >= 15 is 0 Å². The standard InChI is InChI=1S/C9H18ClNO/c1-3-4-5-6-8(2)11-9(12)7-10/h8H,3-7H2,1-2H3,(H,11,12). The molecule has 0 aromatic rings. The largest absolute Gasteiger partial charge is 0.353 e. The number of amides is 1. The maximum Gasteiger partial charge on any atom is 0.235 e. The Balaban J connectivity index is 3.32. The average Bonchev–Trinajstić information content (AvgIpc) is 2.05. The Morgan fingerprint density at radius 1 is 1.50 bits per heavy atom. The lowest BCUT2D eigenvalue weighted by Gasteiger charge is -2.11. The van der Waals surface area contributed by atoms with Gasteiger partial charge in [-0.15, -0.1) is 11.6 Å². The predicted octanol–water partition coefficient (Wildman–Crippen LogP) is 2.31. The van der Waals surface area contributed by atoms with Crippen LogP contribution in [0.4, 0.5) is 0 Å². The number of halogens is 1. The molecule has 0 rings (SSSR count). The fraction of sp³-hybridized carbons (Fsp3) is 0.889. The molecule has 0 fully saturated rings. The van der Waals surface area contributed by atoms with Crippen LogP contribution in [0.1, 0.15) is 39.5 Å². The lowest BCUT2D eigenvalue weighted by Crippen LogP contribution is -2.33. The van der Waals surface area contributed by atoms with Crippen molar-refractivity contribution in [2.24, 2.45) is 0 Å². The molecule has 1 unspecified atom stereocenters. The van der Waals surface area contributed by atoms with Gasteiger partial charge in [-0.2, -0.15) is 0 Å². The Labute approximate surface area is 79.7 Å². The smallest absolute Gasteiger partial charge is 0.235 e. The molecule has 1 amide bonds. The summed E-state index contributed by atoms with van der Waals surface area (Å²) in [6, 6.07) is 0.266. The Morgan fingerprint density at radius 3 is 2.67 bits per heavy atom. The molecule has 0 saturated heterocycles. The van der Waals surface area contributed by atoms with Gasteiger partial charge in [0, 0.05) is 6.04 Å². The summed E-state index contributed by atoms with van der Waals surface area (Å²) in [7, 11) is 0. The Morgan fingerprint density at radius 2 is 2.17 bits per heavy atom. The van der Waals surface area contributed by atoms with E-state index in [4.69, 9.17) is 11.6 Å². The molecule has 1 N–H and O–H groups in total. The molecule has 12 heavy (non-hydrogen) atoms. The molecule has 0 radical (unpaired) electrons. The number of rotatable bonds is 6. The Hall–Kier alpha value is -0.240. The lowest BCUT2D eigenvalue weighted by atomic mass is 10.1. The molecule has 0 aliphatic rings. The summed E-state index contributed by atoms with van der Waals surface area (Å²) in [4.78, 5) is 10.8. The van der Waals surface area contributed by atoms with Crippen molar-refractivity contribution in [3.8, 4) is 0 Å². The maximum absolute atomic E-state index is 10.8. The van der Waals surface area contributed by atoms with Crippen LogP contribution in [0.3, 0.4) is 0 Å². The third kappa shape index (κ3) is 6.47. The number of hydrogen-bond donors (Lipinski definition) is 1. The molecule has 0 bridgehead atoms. The fourth-order valence-corrected chi connectivity index (χ4v) is 1.16. The van der Waals surface area contributed by atoms with E-state index in [9.17, 15) is 4.79 Å². The molecule has 2 nitrogen and oxygen atoms in total. The van der Waals surface area contributed by atoms with Crippen molar-refractivity contribution in [3.63, 3.8) is 0 Å². The highest BCUT2D eigenvalue weighted by molar-refractivity contribution is 6.27. The van der Waals surface area contributed by atoms with Crippen LogP contribution in [0, 0.1) is 0 Å². The van der Waals surface area contributed by atoms with Crippen molar-refractivity contribution < 1.29 is 4.79 Å². The van der Waals surface area contributed by atoms with Gasteiger partial charge in [0.25, 0.3) is 0 Å². The highest BCUT2D eigenvalue weighted by atomic mass is 35.5. The molecule has 1 atom stereocenters. The van der Waals surface area contributed by atoms with Crippen molar-refractivity contribution in [3.05, 3.63) is 0 Å². The van der Waals surface area contributed by atoms with Crippen molar-refractivity contribution in [2.75, 3.05) is 5.88 Å². The molecule has 0 heterocycles. The zero-order valence-electron chi connectivity index (χ0n) is 7.90. The first-order valence-electron chi connectivity index (χ1n) is 4.56. The minimum Gasteiger partial charge on any atom is -0.353 e. The second-order valence-corrected chi connectivity index (χ2v) is 3.37. The van der Waals surface area contributed by atoms with E-state index in [0.717, 1.165) is 6.42 Å². The first-order chi connectivity index (χ1) is 5.70. The van der Waals surface area contributed by atoms with Crippen molar-refractivity contribution >= 4 is 17.5 Å². The van der Waals surface area contributed by atoms with E-state index in [1.54, 1.807) is 0 Å². The highest BCUT2D eigenvalue weighted by Gasteiger charge is 2.04. The molecule has 0 aromatic heterocycles. The first-order valence-corrected chi connectivity index (χ1v) is 5.09. The highest BCUT2D eigenvalue weighted by Crippen LogP contribution is 2.02. The van der Waals surface area contributed by atoms with Gasteiger partial charge in [-0.25, -0.2) is 0 Å². The van der Waals surface area contributed by atoms with E-state index in [1.165, 1.54) is 19.3 Å². The van der Waals surface area contributed by atoms with Crippen molar-refractivity contribution in [1.82, 2.24) is 5.32 Å². The number of unbranched alkanes of at least 4 members (excludes halogenated alkanes) is 2. The van der Waals surface area contributed by atoms with Crippen LogP contribution in [-0.4, -0.2) is 17.8 Å². The van der Waals surface area contributed by atoms with E-state index < -0.39 is 0 Å². The van der Waals surface area contributed by atoms with Crippen LogP contribution in [0.5, 0.6) is 0 Å². The minimum absolute atomic E-state index is 0.0676. The van der Waals surface area contributed by atoms with Crippen LogP contribution < -0.4 is 5.32 Å². The summed E-state index contributed by atoms with van der Waals surface area (Å²) in [5, 5.41) is 2.82. The molecule has 3 heteroatoms. The number of nitrogens with one attached hydrogen (secondary N) is 1. The molecular formula is C9H18ClNO. The summed E-state index contributed by atoms with van der Waals surface area (Å²) >= 11 is 5.35. The monoisotopic (exact) mass is 191 g/mol. The third-order valence-corrected chi connectivity index (χ3v) is 2.01. The number of hydrogen-bond acceptors (Lipinski definition) is 1. The Bertz CT molecular complexity index is 128. The van der Waals surface area contributed by atoms with Crippen LogP contribution in [0.15, 0.2) is 0 Å². The molecule has 0 aromatic carbocycles. The van der Waals surface area contributed by atoms with E-state index in [1.807, 2.05) is 6.92 Å². The predicted molar refractivity (Wildman–Crippen MR) is 52.5 cm³/mol. The van der Waals surface area contributed by atoms with Gasteiger partial charge in [0.15, 0.2) is 0 Å². The van der Waals surface area contributed by atoms with E-state index in [2.05, 4.69) is 12.2 Å². The van der Waals surface area contributed by atoms with Crippen LogP contribution in [-0.2, 0) is 4.79 Å². The molecule has 0 spiro atoms. The molecule has 0 saturated carbocycles. The zero-order chi connectivity index (χ0) is 9.40. The third-order valence-electron chi connectivity index (χ3n) is 1.77. The summed E-state index contributed by atoms with van der Waals surface area (Å²) in [5.41, 5.74) is 0. The van der Waals surface area contributed by atoms with Gasteiger partial charge in [-0.05, 0) is 13.3 Å². The molecule has 0 aliphatic heterocycles. The van der Waals surface area contributed by atoms with Gasteiger partial charge in [0.05, 0.1) is 0 Å². The topological polar surface area (TPSA) is 29.1 Å². The van der Waals surface area contributed by atoms with Gasteiger partial charge < -0.3 is 5.32 Å². The van der Waals surface area contributed by atoms with Gasteiger partial charge in [-0.1, -0.05) is 26.2 Å². The van der Waals surface area contributed by atoms with Gasteiger partial charge >= 0.3 is 0 Å². The van der Waals surface area contributed by atoms with E-state index in [-0.39, 0.29) is 17.8 Å². The first kappa shape index (κ1) is 11.8. The van der Waals surface area contributed by atoms with Crippen LogP contribution >= 0.6 is 11.6 Å². The second-order valence-electron chi connectivity index (χ2n) is 3.10. The maximum atomic E-state index is 10.8. The average molecular weight is 192 g/mol. The summed E-state index contributed by atoms with van der Waals surface area (Å²) in [5.74, 6) is -0.00125. The van der Waals surface area contributed by atoms with Gasteiger partial charge in [-0.3, -0.25) is 4.79 Å². The normalized spacial score (nSPS) is 12.6. The van der Waals surface area contributed by atoms with Crippen molar-refractivity contribution in [2.45, 2.75) is 45.6 Å². The van der Waals surface area contributed by atoms with Crippen LogP contribution in [0.25, 0.3) is 0 Å². The number of carbonyl (C=O) groups is 1. The second kappa shape index (κ2) is 7.41. The molecule has 72 valence electrons. The van der Waals surface area contributed by atoms with Crippen LogP contribution in [0.2, 0.25) is 0 Å². The SMILES string of the molecule is CCCCCC(C)NC(=O)CCl. The summed E-state index contributed by atoms with van der Waals surface area (Å²) in [6.07, 6.45) is 4.69. The molecular weight excluding hydrogens is 174 g/mol. The van der Waals surface area contributed by atoms with Crippen molar-refractivity contribution in [1.29, 1.82) is 0 Å². The van der Waals surface area contributed by atoms with E-state index in [0.29, 0.717) is 0 Å².